The second kappa shape index (κ2) is 12.1. The van der Waals surface area contributed by atoms with Crippen molar-refractivity contribution in [1.29, 1.82) is 0 Å². The van der Waals surface area contributed by atoms with Crippen LogP contribution < -0.4 is 10.6 Å². The van der Waals surface area contributed by atoms with E-state index in [1.54, 1.807) is 23.1 Å². The number of anilines is 1. The minimum atomic E-state index is -0.396. The summed E-state index contributed by atoms with van der Waals surface area (Å²) in [7, 11) is 0. The van der Waals surface area contributed by atoms with E-state index in [2.05, 4.69) is 10.6 Å². The molecular formula is C30H30FN3O3. The Bertz CT molecular complexity index is 1250. The molecule has 1 aliphatic heterocycles. The Morgan fingerprint density at radius 3 is 2.22 bits per heavy atom. The minimum absolute atomic E-state index is 0.0203. The molecule has 1 fully saturated rings. The van der Waals surface area contributed by atoms with Crippen molar-refractivity contribution in [2.24, 2.45) is 5.92 Å². The van der Waals surface area contributed by atoms with Crippen molar-refractivity contribution in [2.75, 3.05) is 18.4 Å². The van der Waals surface area contributed by atoms with E-state index in [4.69, 9.17) is 0 Å². The van der Waals surface area contributed by atoms with Crippen LogP contribution in [0.5, 0.6) is 0 Å². The van der Waals surface area contributed by atoms with Crippen LogP contribution in [0.15, 0.2) is 84.9 Å². The Morgan fingerprint density at radius 2 is 1.57 bits per heavy atom. The predicted octanol–water partition coefficient (Wildman–Crippen LogP) is 5.21. The molecule has 0 spiro atoms. The first-order valence-corrected chi connectivity index (χ1v) is 12.4. The van der Waals surface area contributed by atoms with Crippen LogP contribution >= 0.6 is 0 Å². The highest BCUT2D eigenvalue weighted by molar-refractivity contribution is 6.04. The average Bonchev–Trinajstić information content (AvgIpc) is 2.93. The number of piperidine rings is 1. The van der Waals surface area contributed by atoms with Crippen molar-refractivity contribution < 1.29 is 18.8 Å². The maximum absolute atomic E-state index is 13.1. The zero-order valence-electron chi connectivity index (χ0n) is 20.7. The monoisotopic (exact) mass is 499 g/mol. The van der Waals surface area contributed by atoms with Crippen molar-refractivity contribution in [3.63, 3.8) is 0 Å². The number of nitrogens with zero attached hydrogens (tertiary/aromatic N) is 1. The number of hydrogen-bond acceptors (Lipinski definition) is 3. The number of halogens is 1. The van der Waals surface area contributed by atoms with Gasteiger partial charge in [-0.25, -0.2) is 4.39 Å². The van der Waals surface area contributed by atoms with Crippen LogP contribution in [0.4, 0.5) is 10.1 Å². The number of benzene rings is 3. The van der Waals surface area contributed by atoms with Gasteiger partial charge in [0.15, 0.2) is 0 Å². The summed E-state index contributed by atoms with van der Waals surface area (Å²) in [6.07, 6.45) is 4.64. The molecule has 1 aliphatic rings. The van der Waals surface area contributed by atoms with Gasteiger partial charge < -0.3 is 15.5 Å². The van der Waals surface area contributed by atoms with Gasteiger partial charge in [-0.15, -0.1) is 0 Å². The van der Waals surface area contributed by atoms with E-state index in [0.717, 1.165) is 11.1 Å². The highest BCUT2D eigenvalue weighted by atomic mass is 19.1. The number of carbonyl (C=O) groups is 3. The number of rotatable bonds is 7. The van der Waals surface area contributed by atoms with Gasteiger partial charge in [0.05, 0.1) is 6.04 Å². The summed E-state index contributed by atoms with van der Waals surface area (Å²) < 4.78 is 13.1. The highest BCUT2D eigenvalue weighted by Crippen LogP contribution is 2.21. The fraction of sp³-hybridized carbons (Fsp3) is 0.233. The topological polar surface area (TPSA) is 78.5 Å². The Balaban J connectivity index is 1.24. The summed E-state index contributed by atoms with van der Waals surface area (Å²) in [6, 6.07) is 22.1. The van der Waals surface area contributed by atoms with Gasteiger partial charge in [-0.2, -0.15) is 0 Å². The highest BCUT2D eigenvalue weighted by Gasteiger charge is 2.27. The molecule has 6 nitrogen and oxygen atoms in total. The zero-order chi connectivity index (χ0) is 26.2. The van der Waals surface area contributed by atoms with E-state index in [1.807, 2.05) is 55.5 Å². The smallest absolute Gasteiger partial charge is 0.255 e. The molecule has 0 saturated carbocycles. The molecule has 3 aromatic rings. The predicted molar refractivity (Wildman–Crippen MR) is 142 cm³/mol. The van der Waals surface area contributed by atoms with E-state index >= 15 is 0 Å². The van der Waals surface area contributed by atoms with E-state index < -0.39 is 5.82 Å². The van der Waals surface area contributed by atoms with Crippen LogP contribution in [0.25, 0.3) is 6.08 Å². The first-order chi connectivity index (χ1) is 17.9. The second-order valence-corrected chi connectivity index (χ2v) is 9.16. The summed E-state index contributed by atoms with van der Waals surface area (Å²) in [4.78, 5) is 39.4. The van der Waals surface area contributed by atoms with Crippen LogP contribution in [0.3, 0.4) is 0 Å². The first kappa shape index (κ1) is 25.8. The van der Waals surface area contributed by atoms with Crippen LogP contribution in [-0.2, 0) is 9.59 Å². The van der Waals surface area contributed by atoms with E-state index in [9.17, 15) is 18.8 Å². The molecule has 1 unspecified atom stereocenters. The molecule has 0 aromatic heterocycles. The van der Waals surface area contributed by atoms with Crippen molar-refractivity contribution >= 4 is 29.5 Å². The molecule has 3 aromatic carbocycles. The third kappa shape index (κ3) is 7.13. The van der Waals surface area contributed by atoms with Crippen molar-refractivity contribution in [3.05, 3.63) is 107 Å². The first-order valence-electron chi connectivity index (χ1n) is 12.4. The van der Waals surface area contributed by atoms with Crippen LogP contribution in [0, 0.1) is 11.7 Å². The van der Waals surface area contributed by atoms with Gasteiger partial charge in [0.1, 0.15) is 5.82 Å². The van der Waals surface area contributed by atoms with Gasteiger partial charge in [0, 0.05) is 36.3 Å². The van der Waals surface area contributed by atoms with E-state index in [0.29, 0.717) is 37.2 Å². The van der Waals surface area contributed by atoms with Gasteiger partial charge in [0.2, 0.25) is 11.8 Å². The van der Waals surface area contributed by atoms with Crippen molar-refractivity contribution in [3.8, 4) is 0 Å². The summed E-state index contributed by atoms with van der Waals surface area (Å²) in [5, 5.41) is 5.85. The molecule has 1 saturated heterocycles. The lowest BCUT2D eigenvalue weighted by Gasteiger charge is -2.31. The molecule has 0 aliphatic carbocycles. The Kier molecular flexibility index (Phi) is 8.46. The van der Waals surface area contributed by atoms with Gasteiger partial charge in [-0.05, 0) is 73.4 Å². The largest absolute Gasteiger partial charge is 0.349 e. The molecule has 7 heteroatoms. The number of amides is 3. The quantitative estimate of drug-likeness (QED) is 0.438. The SMILES string of the molecule is CC(NC(=O)C1CCN(C(=O)/C=C/c2ccccc2)CC1)c1ccc(NC(=O)c2ccc(F)cc2)cc1. The lowest BCUT2D eigenvalue weighted by Crippen LogP contribution is -2.43. The summed E-state index contributed by atoms with van der Waals surface area (Å²) >= 11 is 0. The number of carbonyl (C=O) groups excluding carboxylic acids is 3. The molecule has 1 atom stereocenters. The standard InChI is InChI=1S/C30H30FN3O3/c1-21(23-10-14-27(15-11-23)33-30(37)24-8-12-26(31)13-9-24)32-29(36)25-17-19-34(20-18-25)28(35)16-7-22-5-3-2-4-6-22/h2-16,21,25H,17-20H2,1H3,(H,32,36)(H,33,37)/b16-7+. The Morgan fingerprint density at radius 1 is 0.919 bits per heavy atom. The van der Waals surface area contributed by atoms with E-state index in [-0.39, 0.29) is 29.7 Å². The zero-order valence-corrected chi connectivity index (χ0v) is 20.7. The molecular weight excluding hydrogens is 469 g/mol. The summed E-state index contributed by atoms with van der Waals surface area (Å²) in [5.74, 6) is -0.920. The maximum Gasteiger partial charge on any atom is 0.255 e. The fourth-order valence-electron chi connectivity index (χ4n) is 4.27. The van der Waals surface area contributed by atoms with Crippen molar-refractivity contribution in [2.45, 2.75) is 25.8 Å². The Labute approximate surface area is 216 Å². The maximum atomic E-state index is 13.1. The fourth-order valence-corrected chi connectivity index (χ4v) is 4.27. The number of nitrogens with one attached hydrogen (secondary N) is 2. The second-order valence-electron chi connectivity index (χ2n) is 9.16. The molecule has 37 heavy (non-hydrogen) atoms. The summed E-state index contributed by atoms with van der Waals surface area (Å²) in [5.41, 5.74) is 2.86. The molecule has 2 N–H and O–H groups in total. The third-order valence-electron chi connectivity index (χ3n) is 6.53. The van der Waals surface area contributed by atoms with Crippen LogP contribution in [-0.4, -0.2) is 35.7 Å². The lowest BCUT2D eigenvalue weighted by atomic mass is 9.95. The van der Waals surface area contributed by atoms with Gasteiger partial charge in [-0.3, -0.25) is 14.4 Å². The summed E-state index contributed by atoms with van der Waals surface area (Å²) in [6.45, 7) is 3.01. The number of hydrogen-bond donors (Lipinski definition) is 2. The van der Waals surface area contributed by atoms with E-state index in [1.165, 1.54) is 24.3 Å². The molecule has 1 heterocycles. The average molecular weight is 500 g/mol. The lowest BCUT2D eigenvalue weighted by molar-refractivity contribution is -0.132. The minimum Gasteiger partial charge on any atom is -0.349 e. The van der Waals surface area contributed by atoms with Gasteiger partial charge in [0.25, 0.3) is 5.91 Å². The van der Waals surface area contributed by atoms with Crippen LogP contribution in [0.2, 0.25) is 0 Å². The normalized spacial score (nSPS) is 14.8. The molecule has 0 radical (unpaired) electrons. The number of likely N-dealkylation sites (tertiary alicyclic amines) is 1. The third-order valence-corrected chi connectivity index (χ3v) is 6.53. The molecule has 190 valence electrons. The van der Waals surface area contributed by atoms with Gasteiger partial charge in [-0.1, -0.05) is 42.5 Å². The van der Waals surface area contributed by atoms with Crippen molar-refractivity contribution in [1.82, 2.24) is 10.2 Å². The van der Waals surface area contributed by atoms with Gasteiger partial charge >= 0.3 is 0 Å². The Hall–Kier alpha value is -4.26. The molecule has 4 rings (SSSR count). The molecule has 0 bridgehead atoms. The van der Waals surface area contributed by atoms with Crippen LogP contribution in [0.1, 0.15) is 47.3 Å². The molecule has 3 amide bonds.